The van der Waals surface area contributed by atoms with E-state index < -0.39 is 42.3 Å². The molecule has 0 unspecified atom stereocenters. The van der Waals surface area contributed by atoms with Crippen molar-refractivity contribution in [1.82, 2.24) is 24.2 Å². The van der Waals surface area contributed by atoms with Gasteiger partial charge in [0.15, 0.2) is 11.5 Å². The Kier molecular flexibility index (Phi) is 5.10. The number of alkyl halides is 6. The Morgan fingerprint density at radius 2 is 1.88 bits per heavy atom. The minimum absolute atomic E-state index is 0.0198. The molecule has 0 spiro atoms. The number of nitrogens with zero attached hydrogens (tertiary/aromatic N) is 5. The van der Waals surface area contributed by atoms with E-state index in [1.54, 1.807) is 6.92 Å². The highest BCUT2D eigenvalue weighted by Gasteiger charge is 2.55. The largest absolute Gasteiger partial charge is 0.424 e. The Bertz CT molecular complexity index is 1030. The molecule has 13 heteroatoms. The average Bonchev–Trinajstić information content (AvgIpc) is 3.25. The van der Waals surface area contributed by atoms with Crippen LogP contribution in [-0.4, -0.2) is 54.1 Å². The number of carbonyl (C=O) groups is 1. The van der Waals surface area contributed by atoms with Gasteiger partial charge in [-0.15, -0.1) is 0 Å². The van der Waals surface area contributed by atoms with Crippen molar-refractivity contribution in [1.29, 1.82) is 0 Å². The Hall–Kier alpha value is -2.57. The van der Waals surface area contributed by atoms with E-state index in [2.05, 4.69) is 10.1 Å². The van der Waals surface area contributed by atoms with Crippen molar-refractivity contribution in [2.75, 3.05) is 6.54 Å². The molecular formula is C19H21F6N5O2. The molecule has 2 aromatic rings. The number of halogens is 6. The smallest absolute Gasteiger partial charge is 0.374 e. The first-order chi connectivity index (χ1) is 14.7. The van der Waals surface area contributed by atoms with Crippen molar-refractivity contribution in [3.8, 4) is 0 Å². The predicted molar refractivity (Wildman–Crippen MR) is 97.6 cm³/mol. The van der Waals surface area contributed by atoms with Gasteiger partial charge in [0.1, 0.15) is 6.54 Å². The SMILES string of the molecule is C[C@H]1CN(C(=O)c2cc(C3CC3)n(CC(F)(F)F)n2)Cc2cnc([C@@](C)(O)C(F)(F)F)n21. The van der Waals surface area contributed by atoms with E-state index in [-0.39, 0.29) is 30.4 Å². The van der Waals surface area contributed by atoms with Crippen LogP contribution in [0.1, 0.15) is 66.3 Å². The van der Waals surface area contributed by atoms with Crippen LogP contribution in [0.3, 0.4) is 0 Å². The fraction of sp³-hybridized carbons (Fsp3) is 0.632. The lowest BCUT2D eigenvalue weighted by Gasteiger charge is -2.35. The second-order valence-electron chi connectivity index (χ2n) is 8.55. The second kappa shape index (κ2) is 7.22. The Morgan fingerprint density at radius 1 is 1.22 bits per heavy atom. The lowest BCUT2D eigenvalue weighted by atomic mass is 10.0. The number of fused-ring (bicyclic) bond motifs is 1. The Morgan fingerprint density at radius 3 is 2.44 bits per heavy atom. The summed E-state index contributed by atoms with van der Waals surface area (Å²) in [4.78, 5) is 18.1. The van der Waals surface area contributed by atoms with Crippen LogP contribution in [0.2, 0.25) is 0 Å². The highest BCUT2D eigenvalue weighted by atomic mass is 19.4. The molecular weight excluding hydrogens is 444 g/mol. The van der Waals surface area contributed by atoms with Crippen LogP contribution in [0.15, 0.2) is 12.3 Å². The molecule has 2 atom stereocenters. The molecule has 1 saturated carbocycles. The molecule has 2 aromatic heterocycles. The number of aliphatic hydroxyl groups is 1. The molecule has 0 saturated heterocycles. The highest BCUT2D eigenvalue weighted by Crippen LogP contribution is 2.42. The molecule has 0 radical (unpaired) electrons. The summed E-state index contributed by atoms with van der Waals surface area (Å²) >= 11 is 0. The standard InChI is InChI=1S/C19H21F6N5O2/c1-10-7-28(8-12-6-26-16(30(10)12)17(2,32)19(23,24)25)15(31)13-5-14(11-3-4-11)29(27-13)9-18(20,21)22/h5-6,10-11,32H,3-4,7-9H2,1-2H3/t10-,17+/m0/s1. The van der Waals surface area contributed by atoms with Gasteiger partial charge in [0.2, 0.25) is 5.60 Å². The number of imidazole rings is 1. The van der Waals surface area contributed by atoms with E-state index >= 15 is 0 Å². The van der Waals surface area contributed by atoms with Crippen LogP contribution in [0, 0.1) is 0 Å². The van der Waals surface area contributed by atoms with Gasteiger partial charge in [-0.05, 0) is 32.8 Å². The van der Waals surface area contributed by atoms with Crippen LogP contribution in [-0.2, 0) is 18.7 Å². The maximum absolute atomic E-state index is 13.3. The number of amides is 1. The molecule has 7 nitrogen and oxygen atoms in total. The van der Waals surface area contributed by atoms with Crippen molar-refractivity contribution in [3.05, 3.63) is 35.2 Å². The van der Waals surface area contributed by atoms with Gasteiger partial charge in [0.05, 0.1) is 24.5 Å². The second-order valence-corrected chi connectivity index (χ2v) is 8.55. The molecule has 3 heterocycles. The number of aromatic nitrogens is 4. The lowest BCUT2D eigenvalue weighted by molar-refractivity contribution is -0.263. The third kappa shape index (κ3) is 3.97. The summed E-state index contributed by atoms with van der Waals surface area (Å²) in [6.07, 6.45) is -6.85. The molecule has 1 fully saturated rings. The van der Waals surface area contributed by atoms with E-state index in [9.17, 15) is 36.2 Å². The van der Waals surface area contributed by atoms with Gasteiger partial charge in [0, 0.05) is 18.2 Å². The Labute approximate surface area is 178 Å². The van der Waals surface area contributed by atoms with Crippen molar-refractivity contribution in [3.63, 3.8) is 0 Å². The third-order valence-corrected chi connectivity index (χ3v) is 5.78. The van der Waals surface area contributed by atoms with Gasteiger partial charge >= 0.3 is 12.4 Å². The van der Waals surface area contributed by atoms with E-state index in [1.807, 2.05) is 0 Å². The molecule has 1 aliphatic carbocycles. The fourth-order valence-electron chi connectivity index (χ4n) is 4.01. The topological polar surface area (TPSA) is 76.2 Å². The number of hydrogen-bond acceptors (Lipinski definition) is 4. The first kappa shape index (κ1) is 22.6. The maximum atomic E-state index is 13.3. The van der Waals surface area contributed by atoms with Gasteiger partial charge in [-0.2, -0.15) is 31.4 Å². The maximum Gasteiger partial charge on any atom is 0.424 e. The van der Waals surface area contributed by atoms with E-state index in [1.165, 1.54) is 15.5 Å². The molecule has 1 amide bonds. The predicted octanol–water partition coefficient (Wildman–Crippen LogP) is 3.51. The highest BCUT2D eigenvalue weighted by molar-refractivity contribution is 5.92. The average molecular weight is 465 g/mol. The first-order valence-electron chi connectivity index (χ1n) is 9.98. The van der Waals surface area contributed by atoms with Crippen LogP contribution in [0.5, 0.6) is 0 Å². The summed E-state index contributed by atoms with van der Waals surface area (Å²) < 4.78 is 80.6. The zero-order chi connectivity index (χ0) is 23.6. The van der Waals surface area contributed by atoms with E-state index in [0.717, 1.165) is 23.7 Å². The van der Waals surface area contributed by atoms with Gasteiger partial charge in [-0.1, -0.05) is 0 Å². The molecule has 1 N–H and O–H groups in total. The van der Waals surface area contributed by atoms with Gasteiger partial charge in [-0.3, -0.25) is 9.48 Å². The van der Waals surface area contributed by atoms with Gasteiger partial charge in [0.25, 0.3) is 5.91 Å². The molecule has 0 aromatic carbocycles. The zero-order valence-electron chi connectivity index (χ0n) is 17.2. The van der Waals surface area contributed by atoms with Crippen molar-refractivity contribution in [2.45, 2.75) is 69.7 Å². The molecule has 32 heavy (non-hydrogen) atoms. The molecule has 0 bridgehead atoms. The van der Waals surface area contributed by atoms with Crippen LogP contribution >= 0.6 is 0 Å². The van der Waals surface area contributed by atoms with Crippen molar-refractivity contribution < 1.29 is 36.2 Å². The number of rotatable bonds is 4. The summed E-state index contributed by atoms with van der Waals surface area (Å²) in [6.45, 7) is 0.742. The molecule has 176 valence electrons. The summed E-state index contributed by atoms with van der Waals surface area (Å²) in [5, 5.41) is 13.9. The van der Waals surface area contributed by atoms with E-state index in [0.29, 0.717) is 12.6 Å². The molecule has 4 rings (SSSR count). The van der Waals surface area contributed by atoms with Crippen molar-refractivity contribution in [2.24, 2.45) is 0 Å². The lowest BCUT2D eigenvalue weighted by Crippen LogP contribution is -2.45. The van der Waals surface area contributed by atoms with Gasteiger partial charge < -0.3 is 14.6 Å². The zero-order valence-corrected chi connectivity index (χ0v) is 17.2. The van der Waals surface area contributed by atoms with Crippen LogP contribution < -0.4 is 0 Å². The minimum atomic E-state index is -4.95. The normalized spacial score (nSPS) is 21.4. The van der Waals surface area contributed by atoms with Crippen LogP contribution in [0.4, 0.5) is 26.3 Å². The third-order valence-electron chi connectivity index (χ3n) is 5.78. The summed E-state index contributed by atoms with van der Waals surface area (Å²) in [6, 6.07) is 0.705. The number of carbonyl (C=O) groups excluding carboxylic acids is 1. The molecule has 1 aliphatic heterocycles. The first-order valence-corrected chi connectivity index (χ1v) is 9.98. The van der Waals surface area contributed by atoms with Gasteiger partial charge in [-0.25, -0.2) is 4.98 Å². The minimum Gasteiger partial charge on any atom is -0.374 e. The summed E-state index contributed by atoms with van der Waals surface area (Å²) in [5.41, 5.74) is -2.70. The monoisotopic (exact) mass is 465 g/mol. The molecule has 2 aliphatic rings. The quantitative estimate of drug-likeness (QED) is 0.702. The van der Waals surface area contributed by atoms with Crippen molar-refractivity contribution >= 4 is 5.91 Å². The van der Waals surface area contributed by atoms with Crippen LogP contribution in [0.25, 0.3) is 0 Å². The number of hydrogen-bond donors (Lipinski definition) is 1. The Balaban J connectivity index is 1.60. The summed E-state index contributed by atoms with van der Waals surface area (Å²) in [7, 11) is 0. The summed E-state index contributed by atoms with van der Waals surface area (Å²) in [5.74, 6) is -1.26. The fourth-order valence-corrected chi connectivity index (χ4v) is 4.01. The van der Waals surface area contributed by atoms with E-state index in [4.69, 9.17) is 0 Å².